The summed E-state index contributed by atoms with van der Waals surface area (Å²) in [7, 11) is -1.85. The van der Waals surface area contributed by atoms with Gasteiger partial charge in [0.15, 0.2) is 0 Å². The first kappa shape index (κ1) is 14.9. The van der Waals surface area contributed by atoms with E-state index in [1.54, 1.807) is 18.6 Å². The molecule has 7 heteroatoms. The van der Waals surface area contributed by atoms with E-state index < -0.39 is 10.0 Å². The summed E-state index contributed by atoms with van der Waals surface area (Å²) in [5, 5.41) is 10.9. The average molecular weight is 305 g/mol. The van der Waals surface area contributed by atoms with Gasteiger partial charge in [0.05, 0.1) is 18.1 Å². The molecule has 5 nitrogen and oxygen atoms in total. The molecule has 1 atom stereocenters. The van der Waals surface area contributed by atoms with Gasteiger partial charge in [-0.15, -0.1) is 11.3 Å². The lowest BCUT2D eigenvalue weighted by molar-refractivity contribution is 0.118. The van der Waals surface area contributed by atoms with Crippen molar-refractivity contribution in [1.82, 2.24) is 4.31 Å². The number of rotatable bonds is 5. The Bertz CT molecular complexity index is 510. The maximum atomic E-state index is 12.6. The van der Waals surface area contributed by atoms with Crippen molar-refractivity contribution in [3.63, 3.8) is 0 Å². The van der Waals surface area contributed by atoms with E-state index in [4.69, 9.17) is 4.74 Å². The molecule has 1 aromatic rings. The van der Waals surface area contributed by atoms with Crippen molar-refractivity contribution in [3.05, 3.63) is 16.3 Å². The van der Waals surface area contributed by atoms with Crippen LogP contribution in [0.3, 0.4) is 0 Å². The average Bonchev–Trinajstić information content (AvgIpc) is 2.88. The molecule has 0 amide bonds. The predicted octanol–water partition coefficient (Wildman–Crippen LogP) is 1.29. The van der Waals surface area contributed by atoms with Crippen LogP contribution in [0.25, 0.3) is 0 Å². The Morgan fingerprint density at radius 3 is 3.05 bits per heavy atom. The SMILES string of the molecule is COCC1CCCN(S(=O)(=O)c2ccsc2CO)C1. The minimum Gasteiger partial charge on any atom is -0.391 e. The fourth-order valence-electron chi connectivity index (χ4n) is 2.43. The van der Waals surface area contributed by atoms with Crippen LogP contribution in [0.4, 0.5) is 0 Å². The zero-order valence-corrected chi connectivity index (χ0v) is 12.5. The zero-order chi connectivity index (χ0) is 13.9. The number of piperidine rings is 1. The molecule has 0 bridgehead atoms. The Morgan fingerprint density at radius 2 is 2.37 bits per heavy atom. The molecule has 19 heavy (non-hydrogen) atoms. The van der Waals surface area contributed by atoms with Crippen molar-refractivity contribution >= 4 is 21.4 Å². The lowest BCUT2D eigenvalue weighted by atomic mass is 10.0. The standard InChI is InChI=1S/C12H19NO4S2/c1-17-9-10-3-2-5-13(7-10)19(15,16)12-4-6-18-11(12)8-14/h4,6,10,14H,2-3,5,7-9H2,1H3. The lowest BCUT2D eigenvalue weighted by Gasteiger charge is -2.31. The summed E-state index contributed by atoms with van der Waals surface area (Å²) < 4.78 is 31.8. The van der Waals surface area contributed by atoms with E-state index >= 15 is 0 Å². The molecule has 1 aromatic heterocycles. The largest absolute Gasteiger partial charge is 0.391 e. The van der Waals surface area contributed by atoms with E-state index in [9.17, 15) is 13.5 Å². The highest BCUT2D eigenvalue weighted by molar-refractivity contribution is 7.89. The molecule has 2 heterocycles. The summed E-state index contributed by atoms with van der Waals surface area (Å²) in [6.45, 7) is 1.39. The fourth-order valence-corrected chi connectivity index (χ4v) is 5.25. The van der Waals surface area contributed by atoms with Crippen LogP contribution in [0.1, 0.15) is 17.7 Å². The van der Waals surface area contributed by atoms with E-state index in [1.807, 2.05) is 0 Å². The van der Waals surface area contributed by atoms with Gasteiger partial charge in [-0.3, -0.25) is 0 Å². The third-order valence-corrected chi connectivity index (χ3v) is 6.33. The van der Waals surface area contributed by atoms with E-state index in [2.05, 4.69) is 0 Å². The number of aliphatic hydroxyl groups excluding tert-OH is 1. The van der Waals surface area contributed by atoms with E-state index in [1.165, 1.54) is 15.6 Å². The Balaban J connectivity index is 2.20. The molecule has 108 valence electrons. The Labute approximate surface area is 117 Å². The maximum Gasteiger partial charge on any atom is 0.244 e. The number of thiophene rings is 1. The molecule has 1 fully saturated rings. The third kappa shape index (κ3) is 3.17. The number of methoxy groups -OCH3 is 1. The lowest BCUT2D eigenvalue weighted by Crippen LogP contribution is -2.41. The van der Waals surface area contributed by atoms with E-state index in [0.717, 1.165) is 12.8 Å². The van der Waals surface area contributed by atoms with Gasteiger partial charge in [-0.05, 0) is 30.2 Å². The molecule has 1 unspecified atom stereocenters. The number of sulfonamides is 1. The van der Waals surface area contributed by atoms with Gasteiger partial charge in [0, 0.05) is 25.1 Å². The van der Waals surface area contributed by atoms with Crippen LogP contribution in [-0.2, 0) is 21.4 Å². The molecular weight excluding hydrogens is 286 g/mol. The van der Waals surface area contributed by atoms with Gasteiger partial charge in [-0.25, -0.2) is 8.42 Å². The summed E-state index contributed by atoms with van der Waals surface area (Å²) in [5.74, 6) is 0.254. The highest BCUT2D eigenvalue weighted by Crippen LogP contribution is 2.28. The molecule has 0 saturated carbocycles. The summed E-state index contributed by atoms with van der Waals surface area (Å²) in [4.78, 5) is 0.756. The molecule has 1 N–H and O–H groups in total. The van der Waals surface area contributed by atoms with Crippen molar-refractivity contribution in [2.45, 2.75) is 24.3 Å². The van der Waals surface area contributed by atoms with E-state index in [-0.39, 0.29) is 17.4 Å². The van der Waals surface area contributed by atoms with Gasteiger partial charge < -0.3 is 9.84 Å². The van der Waals surface area contributed by atoms with Crippen molar-refractivity contribution in [2.75, 3.05) is 26.8 Å². The van der Waals surface area contributed by atoms with Gasteiger partial charge in [-0.2, -0.15) is 4.31 Å². The van der Waals surface area contributed by atoms with Crippen LogP contribution < -0.4 is 0 Å². The van der Waals surface area contributed by atoms with Crippen molar-refractivity contribution < 1.29 is 18.3 Å². The summed E-state index contributed by atoms with van der Waals surface area (Å²) in [6, 6.07) is 1.57. The molecule has 1 aliphatic rings. The van der Waals surface area contributed by atoms with Gasteiger partial charge in [-0.1, -0.05) is 0 Å². The number of ether oxygens (including phenoxy) is 1. The predicted molar refractivity (Wildman–Crippen MR) is 73.6 cm³/mol. The first-order chi connectivity index (χ1) is 9.09. The summed E-state index contributed by atoms with van der Waals surface area (Å²) >= 11 is 1.27. The molecule has 1 aliphatic heterocycles. The summed E-state index contributed by atoms with van der Waals surface area (Å²) in [6.07, 6.45) is 1.85. The maximum absolute atomic E-state index is 12.6. The van der Waals surface area contributed by atoms with Crippen LogP contribution in [0.2, 0.25) is 0 Å². The van der Waals surface area contributed by atoms with Crippen molar-refractivity contribution in [3.8, 4) is 0 Å². The van der Waals surface area contributed by atoms with Crippen LogP contribution in [-0.4, -0.2) is 44.6 Å². The topological polar surface area (TPSA) is 66.8 Å². The quantitative estimate of drug-likeness (QED) is 0.890. The molecule has 0 aliphatic carbocycles. The van der Waals surface area contributed by atoms with Gasteiger partial charge in [0.2, 0.25) is 10.0 Å². The highest BCUT2D eigenvalue weighted by atomic mass is 32.2. The number of hydrogen-bond donors (Lipinski definition) is 1. The second kappa shape index (κ2) is 6.32. The molecule has 0 aromatic carbocycles. The molecular formula is C12H19NO4S2. The smallest absolute Gasteiger partial charge is 0.244 e. The number of aliphatic hydroxyl groups is 1. The van der Waals surface area contributed by atoms with Crippen LogP contribution in [0.15, 0.2) is 16.3 Å². The third-order valence-electron chi connectivity index (χ3n) is 3.35. The van der Waals surface area contributed by atoms with Crippen LogP contribution in [0.5, 0.6) is 0 Å². The molecule has 0 spiro atoms. The van der Waals surface area contributed by atoms with Gasteiger partial charge in [0.25, 0.3) is 0 Å². The molecule has 2 rings (SSSR count). The molecule has 0 radical (unpaired) electrons. The fraction of sp³-hybridized carbons (Fsp3) is 0.667. The van der Waals surface area contributed by atoms with E-state index in [0.29, 0.717) is 24.6 Å². The van der Waals surface area contributed by atoms with Gasteiger partial charge in [0.1, 0.15) is 0 Å². The Hall–Kier alpha value is -0.470. The van der Waals surface area contributed by atoms with Gasteiger partial charge >= 0.3 is 0 Å². The monoisotopic (exact) mass is 305 g/mol. The minimum absolute atomic E-state index is 0.235. The molecule has 1 saturated heterocycles. The summed E-state index contributed by atoms with van der Waals surface area (Å²) in [5.41, 5.74) is 0. The van der Waals surface area contributed by atoms with Crippen molar-refractivity contribution in [1.29, 1.82) is 0 Å². The highest BCUT2D eigenvalue weighted by Gasteiger charge is 2.32. The first-order valence-electron chi connectivity index (χ1n) is 6.26. The Kier molecular flexibility index (Phi) is 4.97. The normalized spacial score (nSPS) is 21.7. The Morgan fingerprint density at radius 1 is 1.58 bits per heavy atom. The zero-order valence-electron chi connectivity index (χ0n) is 10.9. The first-order valence-corrected chi connectivity index (χ1v) is 8.58. The van der Waals surface area contributed by atoms with Crippen LogP contribution in [0, 0.1) is 5.92 Å². The number of nitrogens with zero attached hydrogens (tertiary/aromatic N) is 1. The van der Waals surface area contributed by atoms with Crippen molar-refractivity contribution in [2.24, 2.45) is 5.92 Å². The second-order valence-corrected chi connectivity index (χ2v) is 7.60. The number of hydrogen-bond acceptors (Lipinski definition) is 5. The minimum atomic E-state index is -3.48. The second-order valence-electron chi connectivity index (χ2n) is 4.69. The van der Waals surface area contributed by atoms with Crippen LogP contribution >= 0.6 is 11.3 Å².